The molecular weight excluding hydrogens is 240 g/mol. The van der Waals surface area contributed by atoms with Gasteiger partial charge in [0.2, 0.25) is 0 Å². The highest BCUT2D eigenvalue weighted by molar-refractivity contribution is 5.74. The molecule has 4 nitrogen and oxygen atoms in total. The lowest BCUT2D eigenvalue weighted by Crippen LogP contribution is -2.45. The van der Waals surface area contributed by atoms with Gasteiger partial charge >= 0.3 is 6.03 Å². The van der Waals surface area contributed by atoms with Crippen LogP contribution in [0.25, 0.3) is 0 Å². The molecule has 2 aliphatic rings. The Kier molecular flexibility index (Phi) is 3.49. The van der Waals surface area contributed by atoms with Gasteiger partial charge in [0, 0.05) is 6.04 Å². The molecule has 2 bridgehead atoms. The SMILES string of the molecule is CC(NC(=O)NCc1ccco1)C1CC2CCC1C2. The van der Waals surface area contributed by atoms with Gasteiger partial charge in [0.1, 0.15) is 5.76 Å². The van der Waals surface area contributed by atoms with Crippen LogP contribution in [0.2, 0.25) is 0 Å². The van der Waals surface area contributed by atoms with Crippen LogP contribution in [-0.4, -0.2) is 12.1 Å². The molecular formula is C15H22N2O2. The number of furan rings is 1. The van der Waals surface area contributed by atoms with Gasteiger partial charge in [-0.2, -0.15) is 0 Å². The highest BCUT2D eigenvalue weighted by Crippen LogP contribution is 2.49. The molecule has 0 aromatic carbocycles. The van der Waals surface area contributed by atoms with E-state index in [0.717, 1.165) is 17.6 Å². The quantitative estimate of drug-likeness (QED) is 0.876. The van der Waals surface area contributed by atoms with E-state index in [2.05, 4.69) is 17.6 Å². The number of carbonyl (C=O) groups is 1. The number of fused-ring (bicyclic) bond motifs is 2. The van der Waals surface area contributed by atoms with Gasteiger partial charge < -0.3 is 15.1 Å². The molecule has 1 aromatic rings. The maximum atomic E-state index is 11.8. The normalized spacial score (nSPS) is 30.3. The fourth-order valence-corrected chi connectivity index (χ4v) is 3.85. The Morgan fingerprint density at radius 2 is 2.37 bits per heavy atom. The van der Waals surface area contributed by atoms with Gasteiger partial charge in [-0.3, -0.25) is 0 Å². The van der Waals surface area contributed by atoms with Crippen molar-refractivity contribution >= 4 is 6.03 Å². The molecule has 2 aliphatic carbocycles. The molecule has 3 rings (SSSR count). The third-order valence-electron chi connectivity index (χ3n) is 4.80. The van der Waals surface area contributed by atoms with Crippen molar-refractivity contribution in [2.75, 3.05) is 0 Å². The zero-order valence-electron chi connectivity index (χ0n) is 11.4. The molecule has 4 atom stereocenters. The molecule has 104 valence electrons. The van der Waals surface area contributed by atoms with Crippen molar-refractivity contribution in [1.29, 1.82) is 0 Å². The van der Waals surface area contributed by atoms with Crippen LogP contribution in [0.4, 0.5) is 4.79 Å². The summed E-state index contributed by atoms with van der Waals surface area (Å²) >= 11 is 0. The highest BCUT2D eigenvalue weighted by atomic mass is 16.3. The largest absolute Gasteiger partial charge is 0.467 e. The van der Waals surface area contributed by atoms with Crippen molar-refractivity contribution in [2.45, 2.75) is 45.2 Å². The molecule has 2 amide bonds. The second kappa shape index (κ2) is 5.27. The average Bonchev–Trinajstić information content (AvgIpc) is 3.13. The maximum Gasteiger partial charge on any atom is 0.315 e. The number of amides is 2. The highest BCUT2D eigenvalue weighted by Gasteiger charge is 2.42. The lowest BCUT2D eigenvalue weighted by molar-refractivity contribution is 0.219. The van der Waals surface area contributed by atoms with Crippen LogP contribution in [0.3, 0.4) is 0 Å². The Hall–Kier alpha value is -1.45. The fourth-order valence-electron chi connectivity index (χ4n) is 3.85. The van der Waals surface area contributed by atoms with Crippen LogP contribution in [-0.2, 0) is 6.54 Å². The predicted molar refractivity (Wildman–Crippen MR) is 72.5 cm³/mol. The Bertz CT molecular complexity index is 429. The molecule has 0 aliphatic heterocycles. The third-order valence-corrected chi connectivity index (χ3v) is 4.80. The van der Waals surface area contributed by atoms with Crippen LogP contribution < -0.4 is 10.6 Å². The summed E-state index contributed by atoms with van der Waals surface area (Å²) in [6, 6.07) is 3.87. The van der Waals surface area contributed by atoms with Gasteiger partial charge in [0.15, 0.2) is 0 Å². The zero-order valence-corrected chi connectivity index (χ0v) is 11.4. The lowest BCUT2D eigenvalue weighted by atomic mass is 9.84. The fraction of sp³-hybridized carbons (Fsp3) is 0.667. The van der Waals surface area contributed by atoms with Crippen LogP contribution >= 0.6 is 0 Å². The van der Waals surface area contributed by atoms with Gasteiger partial charge in [-0.25, -0.2) is 4.79 Å². The molecule has 2 saturated carbocycles. The second-order valence-electron chi connectivity index (χ2n) is 6.03. The number of nitrogens with one attached hydrogen (secondary N) is 2. The minimum Gasteiger partial charge on any atom is -0.467 e. The first kappa shape index (κ1) is 12.6. The van der Waals surface area contributed by atoms with E-state index in [0.29, 0.717) is 12.5 Å². The molecule has 2 N–H and O–H groups in total. The summed E-state index contributed by atoms with van der Waals surface area (Å²) in [5, 5.41) is 5.92. The van der Waals surface area contributed by atoms with Gasteiger partial charge in [-0.15, -0.1) is 0 Å². The van der Waals surface area contributed by atoms with E-state index in [1.807, 2.05) is 12.1 Å². The topological polar surface area (TPSA) is 54.3 Å². The summed E-state index contributed by atoms with van der Waals surface area (Å²) in [7, 11) is 0. The van der Waals surface area contributed by atoms with Crippen molar-refractivity contribution in [2.24, 2.45) is 17.8 Å². The first-order valence-corrected chi connectivity index (χ1v) is 7.29. The van der Waals surface area contributed by atoms with Crippen molar-refractivity contribution < 1.29 is 9.21 Å². The van der Waals surface area contributed by atoms with Gasteiger partial charge in [0.25, 0.3) is 0 Å². The number of urea groups is 1. The lowest BCUT2D eigenvalue weighted by Gasteiger charge is -2.28. The van der Waals surface area contributed by atoms with E-state index in [1.54, 1.807) is 6.26 Å². The van der Waals surface area contributed by atoms with E-state index < -0.39 is 0 Å². The molecule has 0 spiro atoms. The Balaban J connectivity index is 1.44. The van der Waals surface area contributed by atoms with Crippen molar-refractivity contribution in [3.63, 3.8) is 0 Å². The van der Waals surface area contributed by atoms with E-state index in [-0.39, 0.29) is 12.1 Å². The molecule has 1 heterocycles. The number of hydrogen-bond donors (Lipinski definition) is 2. The molecule has 2 fully saturated rings. The molecule has 4 heteroatoms. The Labute approximate surface area is 113 Å². The number of carbonyl (C=O) groups excluding carboxylic acids is 1. The van der Waals surface area contributed by atoms with E-state index in [1.165, 1.54) is 25.7 Å². The van der Waals surface area contributed by atoms with Crippen LogP contribution in [0.15, 0.2) is 22.8 Å². The van der Waals surface area contributed by atoms with Crippen molar-refractivity contribution in [3.05, 3.63) is 24.2 Å². The minimum absolute atomic E-state index is 0.0910. The molecule has 19 heavy (non-hydrogen) atoms. The number of rotatable bonds is 4. The zero-order chi connectivity index (χ0) is 13.2. The molecule has 4 unspecified atom stereocenters. The maximum absolute atomic E-state index is 11.8. The van der Waals surface area contributed by atoms with Crippen LogP contribution in [0.5, 0.6) is 0 Å². The van der Waals surface area contributed by atoms with E-state index in [4.69, 9.17) is 4.42 Å². The summed E-state index contributed by atoms with van der Waals surface area (Å²) < 4.78 is 5.19. The standard InChI is InChI=1S/C15H22N2O2/c1-10(14-8-11-4-5-12(14)7-11)17-15(18)16-9-13-3-2-6-19-13/h2-3,6,10-12,14H,4-5,7-9H2,1H3,(H2,16,17,18). The van der Waals surface area contributed by atoms with Gasteiger partial charge in [-0.05, 0) is 56.1 Å². The minimum atomic E-state index is -0.0910. The average molecular weight is 262 g/mol. The predicted octanol–water partition coefficient (Wildman–Crippen LogP) is 2.90. The Morgan fingerprint density at radius 3 is 3.00 bits per heavy atom. The summed E-state index contributed by atoms with van der Waals surface area (Å²) in [6.07, 6.45) is 7.05. The Morgan fingerprint density at radius 1 is 1.47 bits per heavy atom. The van der Waals surface area contributed by atoms with Crippen LogP contribution in [0, 0.1) is 17.8 Å². The first-order valence-electron chi connectivity index (χ1n) is 7.29. The van der Waals surface area contributed by atoms with Gasteiger partial charge in [-0.1, -0.05) is 6.42 Å². The molecule has 1 aromatic heterocycles. The summed E-state index contributed by atoms with van der Waals surface area (Å²) in [5.41, 5.74) is 0. The van der Waals surface area contributed by atoms with Gasteiger partial charge in [0.05, 0.1) is 12.8 Å². The summed E-state index contributed by atoms with van der Waals surface area (Å²) in [6.45, 7) is 2.58. The molecule has 0 saturated heterocycles. The van der Waals surface area contributed by atoms with E-state index in [9.17, 15) is 4.79 Å². The van der Waals surface area contributed by atoms with Crippen molar-refractivity contribution in [3.8, 4) is 0 Å². The monoisotopic (exact) mass is 262 g/mol. The summed E-state index contributed by atoms with van der Waals surface area (Å²) in [4.78, 5) is 11.8. The first-order chi connectivity index (χ1) is 9.22. The van der Waals surface area contributed by atoms with Crippen LogP contribution in [0.1, 0.15) is 38.4 Å². The third kappa shape index (κ3) is 2.77. The molecule has 0 radical (unpaired) electrons. The second-order valence-corrected chi connectivity index (χ2v) is 6.03. The number of hydrogen-bond acceptors (Lipinski definition) is 2. The van der Waals surface area contributed by atoms with Crippen molar-refractivity contribution in [1.82, 2.24) is 10.6 Å². The van der Waals surface area contributed by atoms with E-state index >= 15 is 0 Å². The summed E-state index contributed by atoms with van der Waals surface area (Å²) in [5.74, 6) is 3.21. The smallest absolute Gasteiger partial charge is 0.315 e.